The summed E-state index contributed by atoms with van der Waals surface area (Å²) >= 11 is 0. The molecule has 0 saturated carbocycles. The monoisotopic (exact) mass is 288 g/mol. The van der Waals surface area contributed by atoms with E-state index in [4.69, 9.17) is 0 Å². The third-order valence-corrected chi connectivity index (χ3v) is 3.85. The molecule has 0 fully saturated rings. The van der Waals surface area contributed by atoms with Gasteiger partial charge in [-0.05, 0) is 12.5 Å². The molecule has 0 bridgehead atoms. The number of hydrogen-bond donors (Lipinski definition) is 1. The Kier molecular flexibility index (Phi) is 4.69. The molecule has 0 heterocycles. The van der Waals surface area contributed by atoms with Crippen LogP contribution in [0.15, 0.2) is 54.6 Å². The Bertz CT molecular complexity index is 650. The van der Waals surface area contributed by atoms with Crippen LogP contribution in [0.25, 0.3) is 0 Å². The van der Waals surface area contributed by atoms with E-state index in [-0.39, 0.29) is 11.5 Å². The average molecular weight is 288 g/mol. The lowest BCUT2D eigenvalue weighted by Crippen LogP contribution is -2.17. The van der Waals surface area contributed by atoms with Gasteiger partial charge in [0.2, 0.25) is 0 Å². The van der Waals surface area contributed by atoms with Crippen molar-refractivity contribution in [3.05, 3.63) is 71.3 Å². The van der Waals surface area contributed by atoms with Crippen LogP contribution in [0.4, 0.5) is 0 Å². The molecule has 0 amide bonds. The molecule has 4 heteroatoms. The Labute approximate surface area is 120 Å². The fourth-order valence-electron chi connectivity index (χ4n) is 2.09. The fraction of sp³-hybridized carbons (Fsp3) is 0.188. The molecule has 2 aromatic carbocycles. The van der Waals surface area contributed by atoms with E-state index in [0.717, 1.165) is 11.1 Å². The Morgan fingerprint density at radius 1 is 1.00 bits per heavy atom. The standard InChI is InChI=1S/C16H16O3S/c1-12-7-9-13(10-8-12)15(11-20(18)19)16(17)14-5-3-2-4-6-14/h2-10,15,20H,11H2,1H3. The zero-order valence-corrected chi connectivity index (χ0v) is 12.0. The quantitative estimate of drug-likeness (QED) is 0.679. The van der Waals surface area contributed by atoms with E-state index in [1.165, 1.54) is 0 Å². The maximum Gasteiger partial charge on any atom is 0.171 e. The van der Waals surface area contributed by atoms with Crippen LogP contribution < -0.4 is 0 Å². The number of ketones is 1. The molecule has 0 radical (unpaired) electrons. The molecule has 0 spiro atoms. The van der Waals surface area contributed by atoms with E-state index >= 15 is 0 Å². The van der Waals surface area contributed by atoms with Gasteiger partial charge in [-0.25, -0.2) is 8.42 Å². The predicted molar refractivity (Wildman–Crippen MR) is 79.9 cm³/mol. The Hall–Kier alpha value is -1.94. The second-order valence-corrected chi connectivity index (χ2v) is 5.74. The van der Waals surface area contributed by atoms with Crippen LogP contribution >= 0.6 is 0 Å². The second kappa shape index (κ2) is 6.48. The molecule has 2 rings (SSSR count). The van der Waals surface area contributed by atoms with Crippen molar-refractivity contribution < 1.29 is 13.2 Å². The SMILES string of the molecule is Cc1ccc(C(C[SH](=O)=O)C(=O)c2ccccc2)cc1. The summed E-state index contributed by atoms with van der Waals surface area (Å²) < 4.78 is 22.1. The van der Waals surface area contributed by atoms with Gasteiger partial charge in [0.1, 0.15) is 10.7 Å². The second-order valence-electron chi connectivity index (χ2n) is 4.71. The van der Waals surface area contributed by atoms with Gasteiger partial charge in [-0.2, -0.15) is 0 Å². The summed E-state index contributed by atoms with van der Waals surface area (Å²) in [5, 5.41) is 0. The van der Waals surface area contributed by atoms with Crippen LogP contribution in [0, 0.1) is 6.92 Å². The Morgan fingerprint density at radius 2 is 1.60 bits per heavy atom. The lowest BCUT2D eigenvalue weighted by Gasteiger charge is -2.14. The van der Waals surface area contributed by atoms with Gasteiger partial charge < -0.3 is 0 Å². The van der Waals surface area contributed by atoms with E-state index in [1.807, 2.05) is 37.3 Å². The van der Waals surface area contributed by atoms with E-state index < -0.39 is 16.6 Å². The first kappa shape index (κ1) is 14.5. The van der Waals surface area contributed by atoms with Gasteiger partial charge in [0.25, 0.3) is 0 Å². The Morgan fingerprint density at radius 3 is 2.15 bits per heavy atom. The molecular weight excluding hydrogens is 272 g/mol. The molecule has 104 valence electrons. The van der Waals surface area contributed by atoms with Crippen LogP contribution in [-0.2, 0) is 10.7 Å². The van der Waals surface area contributed by atoms with Crippen LogP contribution in [0.2, 0.25) is 0 Å². The number of Topliss-reactive ketones (excluding diaryl/α,β-unsaturated/α-hetero) is 1. The molecule has 0 aliphatic carbocycles. The summed E-state index contributed by atoms with van der Waals surface area (Å²) in [5.74, 6) is -0.959. The van der Waals surface area contributed by atoms with Crippen molar-refractivity contribution in [1.82, 2.24) is 0 Å². The fourth-order valence-corrected chi connectivity index (χ4v) is 2.77. The number of thiol groups is 1. The largest absolute Gasteiger partial charge is 0.293 e. The third kappa shape index (κ3) is 3.54. The zero-order chi connectivity index (χ0) is 14.5. The highest BCUT2D eigenvalue weighted by atomic mass is 32.2. The number of carbonyl (C=O) groups excluding carboxylic acids is 1. The first-order chi connectivity index (χ1) is 9.58. The minimum Gasteiger partial charge on any atom is -0.293 e. The van der Waals surface area contributed by atoms with Crippen molar-refractivity contribution in [1.29, 1.82) is 0 Å². The van der Waals surface area contributed by atoms with Crippen LogP contribution in [0.3, 0.4) is 0 Å². The highest BCUT2D eigenvalue weighted by Gasteiger charge is 2.22. The molecule has 2 aromatic rings. The molecule has 3 nitrogen and oxygen atoms in total. The number of carbonyl (C=O) groups is 1. The van der Waals surface area contributed by atoms with Crippen LogP contribution in [-0.4, -0.2) is 20.0 Å². The van der Waals surface area contributed by atoms with E-state index in [9.17, 15) is 13.2 Å². The van der Waals surface area contributed by atoms with Crippen LogP contribution in [0.1, 0.15) is 27.4 Å². The molecule has 20 heavy (non-hydrogen) atoms. The number of aryl methyl sites for hydroxylation is 1. The minimum atomic E-state index is -2.61. The summed E-state index contributed by atoms with van der Waals surface area (Å²) in [5.41, 5.74) is 2.35. The predicted octanol–water partition coefficient (Wildman–Crippen LogP) is 2.57. The zero-order valence-electron chi connectivity index (χ0n) is 11.2. The molecule has 0 aliphatic rings. The average Bonchev–Trinajstić information content (AvgIpc) is 2.46. The summed E-state index contributed by atoms with van der Waals surface area (Å²) in [6, 6.07) is 16.2. The minimum absolute atomic E-state index is 0.159. The molecule has 0 saturated heterocycles. The lowest BCUT2D eigenvalue weighted by molar-refractivity contribution is 0.0967. The normalized spacial score (nSPS) is 12.3. The van der Waals surface area contributed by atoms with Gasteiger partial charge in [0, 0.05) is 5.56 Å². The number of rotatable bonds is 5. The molecule has 0 aliphatic heterocycles. The smallest absolute Gasteiger partial charge is 0.171 e. The Balaban J connectivity index is 2.37. The van der Waals surface area contributed by atoms with Crippen molar-refractivity contribution in [2.75, 3.05) is 5.75 Å². The van der Waals surface area contributed by atoms with Crippen molar-refractivity contribution in [2.45, 2.75) is 12.8 Å². The number of hydrogen-bond acceptors (Lipinski definition) is 3. The van der Waals surface area contributed by atoms with Crippen molar-refractivity contribution in [3.63, 3.8) is 0 Å². The summed E-state index contributed by atoms with van der Waals surface area (Å²) in [6.07, 6.45) is 0. The van der Waals surface area contributed by atoms with Gasteiger partial charge in [-0.15, -0.1) is 0 Å². The van der Waals surface area contributed by atoms with Gasteiger partial charge in [0.15, 0.2) is 5.78 Å². The van der Waals surface area contributed by atoms with Gasteiger partial charge in [-0.1, -0.05) is 60.2 Å². The summed E-state index contributed by atoms with van der Waals surface area (Å²) in [4.78, 5) is 12.5. The van der Waals surface area contributed by atoms with Crippen molar-refractivity contribution in [3.8, 4) is 0 Å². The highest BCUT2D eigenvalue weighted by Crippen LogP contribution is 2.22. The first-order valence-electron chi connectivity index (χ1n) is 6.35. The van der Waals surface area contributed by atoms with E-state index in [0.29, 0.717) is 5.56 Å². The van der Waals surface area contributed by atoms with E-state index in [2.05, 4.69) is 0 Å². The van der Waals surface area contributed by atoms with Crippen molar-refractivity contribution in [2.24, 2.45) is 0 Å². The van der Waals surface area contributed by atoms with Crippen molar-refractivity contribution >= 4 is 16.5 Å². The lowest BCUT2D eigenvalue weighted by atomic mass is 9.92. The molecule has 1 unspecified atom stereocenters. The van der Waals surface area contributed by atoms with Gasteiger partial charge in [0.05, 0.1) is 11.7 Å². The third-order valence-electron chi connectivity index (χ3n) is 3.19. The maximum absolute atomic E-state index is 12.5. The molecule has 1 atom stereocenters. The summed E-state index contributed by atoms with van der Waals surface area (Å²) in [6.45, 7) is 1.95. The molecular formula is C16H16O3S. The number of benzene rings is 2. The van der Waals surface area contributed by atoms with Crippen LogP contribution in [0.5, 0.6) is 0 Å². The molecule has 0 N–H and O–H groups in total. The molecule has 0 aromatic heterocycles. The summed E-state index contributed by atoms with van der Waals surface area (Å²) in [7, 11) is -2.61. The topological polar surface area (TPSA) is 51.2 Å². The van der Waals surface area contributed by atoms with Gasteiger partial charge >= 0.3 is 0 Å². The highest BCUT2D eigenvalue weighted by molar-refractivity contribution is 7.72. The van der Waals surface area contributed by atoms with E-state index in [1.54, 1.807) is 24.3 Å². The first-order valence-corrected chi connectivity index (χ1v) is 7.72. The van der Waals surface area contributed by atoms with Gasteiger partial charge in [-0.3, -0.25) is 4.79 Å². The maximum atomic E-state index is 12.5.